The van der Waals surface area contributed by atoms with Gasteiger partial charge in [-0.2, -0.15) is 13.2 Å². The third kappa shape index (κ3) is 5.16. The van der Waals surface area contributed by atoms with Gasteiger partial charge in [0.2, 0.25) is 5.89 Å². The summed E-state index contributed by atoms with van der Waals surface area (Å²) in [7, 11) is 0. The van der Waals surface area contributed by atoms with E-state index in [4.69, 9.17) is 10.2 Å². The number of anilines is 1. The zero-order chi connectivity index (χ0) is 20.9. The molecule has 0 saturated heterocycles. The smallest absolute Gasteiger partial charge is 0.414 e. The highest BCUT2D eigenvalue weighted by Gasteiger charge is 2.29. The molecular formula is C20H16F3N5O. The number of halogens is 3. The molecule has 2 aromatic heterocycles. The average Bonchev–Trinajstić information content (AvgIpc) is 3.21. The number of aryl methyl sites for hydroxylation is 1. The van der Waals surface area contributed by atoms with Crippen LogP contribution in [0, 0.1) is 6.92 Å². The van der Waals surface area contributed by atoms with E-state index in [9.17, 15) is 13.2 Å². The van der Waals surface area contributed by atoms with Gasteiger partial charge in [0, 0.05) is 5.56 Å². The molecule has 2 heterocycles. The Bertz CT molecular complexity index is 1070. The summed E-state index contributed by atoms with van der Waals surface area (Å²) in [6, 6.07) is 15.9. The molecule has 148 valence electrons. The molecule has 0 atom stereocenters. The molecule has 9 heteroatoms. The van der Waals surface area contributed by atoms with Crippen LogP contribution >= 0.6 is 0 Å². The van der Waals surface area contributed by atoms with Crippen molar-refractivity contribution in [3.05, 3.63) is 78.1 Å². The van der Waals surface area contributed by atoms with Gasteiger partial charge in [0.1, 0.15) is 0 Å². The Hall–Kier alpha value is -3.75. The van der Waals surface area contributed by atoms with Crippen LogP contribution in [-0.2, 0) is 6.18 Å². The molecule has 29 heavy (non-hydrogen) atoms. The summed E-state index contributed by atoms with van der Waals surface area (Å²) in [5.41, 5.74) is 7.17. The monoisotopic (exact) mass is 399 g/mol. The number of hydrogen-bond acceptors (Lipinski definition) is 6. The number of rotatable bonds is 2. The van der Waals surface area contributed by atoms with E-state index in [1.54, 1.807) is 12.3 Å². The summed E-state index contributed by atoms with van der Waals surface area (Å²) in [6.07, 6.45) is -2.62. The van der Waals surface area contributed by atoms with Gasteiger partial charge in [0.25, 0.3) is 5.89 Å². The van der Waals surface area contributed by atoms with Crippen molar-refractivity contribution >= 4 is 5.82 Å². The first-order valence-corrected chi connectivity index (χ1v) is 8.45. The molecule has 2 N–H and O–H groups in total. The summed E-state index contributed by atoms with van der Waals surface area (Å²) in [5, 5.41) is 7.96. The number of nitrogen functional groups attached to an aromatic ring is 1. The van der Waals surface area contributed by atoms with Gasteiger partial charge in [-0.1, -0.05) is 48.5 Å². The fraction of sp³-hybridized carbons (Fsp3) is 0.100. The maximum atomic E-state index is 11.8. The SMILES string of the molecule is Cc1cnc(N)c(-c2nnc(-c3ccccc3)o2)n1.FC(F)(F)c1ccccc1. The molecule has 4 rings (SSSR count). The molecule has 0 bridgehead atoms. The summed E-state index contributed by atoms with van der Waals surface area (Å²) in [6.45, 7) is 1.82. The second-order valence-corrected chi connectivity index (χ2v) is 5.89. The lowest BCUT2D eigenvalue weighted by Gasteiger charge is -2.03. The quantitative estimate of drug-likeness (QED) is 0.521. The number of nitrogens with two attached hydrogens (primary N) is 1. The number of benzene rings is 2. The van der Waals surface area contributed by atoms with E-state index in [-0.39, 0.29) is 11.7 Å². The van der Waals surface area contributed by atoms with Gasteiger partial charge >= 0.3 is 6.18 Å². The minimum absolute atomic E-state index is 0.271. The fourth-order valence-corrected chi connectivity index (χ4v) is 2.29. The Morgan fingerprint density at radius 1 is 0.862 bits per heavy atom. The summed E-state index contributed by atoms with van der Waals surface area (Å²) in [5.74, 6) is 0.972. The lowest BCUT2D eigenvalue weighted by atomic mass is 10.2. The largest absolute Gasteiger partial charge is 0.416 e. The Morgan fingerprint density at radius 3 is 2.03 bits per heavy atom. The van der Waals surface area contributed by atoms with Crippen LogP contribution in [0.15, 0.2) is 71.3 Å². The van der Waals surface area contributed by atoms with Crippen molar-refractivity contribution in [1.29, 1.82) is 0 Å². The number of nitrogens with zero attached hydrogens (tertiary/aromatic N) is 4. The normalized spacial score (nSPS) is 10.9. The van der Waals surface area contributed by atoms with Crippen molar-refractivity contribution in [2.75, 3.05) is 5.73 Å². The summed E-state index contributed by atoms with van der Waals surface area (Å²) < 4.78 is 41.0. The van der Waals surface area contributed by atoms with Gasteiger partial charge in [-0.3, -0.25) is 0 Å². The van der Waals surface area contributed by atoms with Crippen LogP contribution in [0.2, 0.25) is 0 Å². The van der Waals surface area contributed by atoms with E-state index < -0.39 is 11.7 Å². The van der Waals surface area contributed by atoms with Crippen molar-refractivity contribution in [2.45, 2.75) is 13.1 Å². The van der Waals surface area contributed by atoms with Crippen molar-refractivity contribution in [3.63, 3.8) is 0 Å². The minimum atomic E-state index is -4.21. The second kappa shape index (κ2) is 8.51. The molecule has 0 saturated carbocycles. The molecule has 4 aromatic rings. The van der Waals surface area contributed by atoms with Gasteiger partial charge in [0.15, 0.2) is 11.5 Å². The van der Waals surface area contributed by atoms with E-state index >= 15 is 0 Å². The molecule has 0 unspecified atom stereocenters. The zero-order valence-corrected chi connectivity index (χ0v) is 15.3. The Morgan fingerprint density at radius 2 is 1.45 bits per heavy atom. The summed E-state index contributed by atoms with van der Waals surface area (Å²) in [4.78, 5) is 8.29. The Kier molecular flexibility index (Phi) is 5.87. The highest BCUT2D eigenvalue weighted by molar-refractivity contribution is 5.63. The first kappa shape index (κ1) is 20.0. The van der Waals surface area contributed by atoms with E-state index in [0.29, 0.717) is 11.6 Å². The third-order valence-electron chi connectivity index (χ3n) is 3.67. The molecule has 0 aliphatic heterocycles. The van der Waals surface area contributed by atoms with Crippen molar-refractivity contribution in [3.8, 4) is 23.0 Å². The number of hydrogen-bond donors (Lipinski definition) is 1. The standard InChI is InChI=1S/C13H11N5O.C7H5F3/c1-8-7-15-11(14)10(16-8)13-18-17-12(19-13)9-5-3-2-4-6-9;8-7(9,10)6-4-2-1-3-5-6/h2-7H,1H3,(H2,14,15);1-5H. The second-order valence-electron chi connectivity index (χ2n) is 5.89. The Balaban J connectivity index is 0.000000204. The van der Waals surface area contributed by atoms with Crippen LogP contribution in [0.5, 0.6) is 0 Å². The van der Waals surface area contributed by atoms with Crippen LogP contribution in [0.3, 0.4) is 0 Å². The predicted octanol–water partition coefficient (Wildman–Crippen LogP) is 4.79. The maximum Gasteiger partial charge on any atom is 0.416 e. The predicted molar refractivity (Wildman–Crippen MR) is 101 cm³/mol. The lowest BCUT2D eigenvalue weighted by molar-refractivity contribution is -0.137. The molecule has 0 aliphatic rings. The molecular weight excluding hydrogens is 383 g/mol. The Labute approximate surface area is 164 Å². The first-order chi connectivity index (χ1) is 13.8. The minimum Gasteiger partial charge on any atom is -0.414 e. The van der Waals surface area contributed by atoms with Crippen LogP contribution in [0.1, 0.15) is 11.3 Å². The highest BCUT2D eigenvalue weighted by Crippen LogP contribution is 2.28. The maximum absolute atomic E-state index is 11.8. The first-order valence-electron chi connectivity index (χ1n) is 8.45. The number of aromatic nitrogens is 4. The van der Waals surface area contributed by atoms with Gasteiger partial charge in [-0.15, -0.1) is 10.2 Å². The van der Waals surface area contributed by atoms with E-state index in [1.807, 2.05) is 37.3 Å². The van der Waals surface area contributed by atoms with Crippen molar-refractivity contribution in [1.82, 2.24) is 20.2 Å². The third-order valence-corrected chi connectivity index (χ3v) is 3.67. The number of alkyl halides is 3. The van der Waals surface area contributed by atoms with E-state index in [0.717, 1.165) is 23.4 Å². The van der Waals surface area contributed by atoms with Gasteiger partial charge in [-0.25, -0.2) is 9.97 Å². The van der Waals surface area contributed by atoms with Crippen LogP contribution in [0.4, 0.5) is 19.0 Å². The molecule has 0 spiro atoms. The van der Waals surface area contributed by atoms with Crippen LogP contribution < -0.4 is 5.73 Å². The summed E-state index contributed by atoms with van der Waals surface area (Å²) >= 11 is 0. The van der Waals surface area contributed by atoms with Gasteiger partial charge in [-0.05, 0) is 19.1 Å². The fourth-order valence-electron chi connectivity index (χ4n) is 2.29. The molecule has 6 nitrogen and oxygen atoms in total. The highest BCUT2D eigenvalue weighted by atomic mass is 19.4. The zero-order valence-electron chi connectivity index (χ0n) is 15.3. The van der Waals surface area contributed by atoms with Gasteiger partial charge < -0.3 is 10.2 Å². The molecule has 0 radical (unpaired) electrons. The van der Waals surface area contributed by atoms with Crippen molar-refractivity contribution in [2.24, 2.45) is 0 Å². The lowest BCUT2D eigenvalue weighted by Crippen LogP contribution is -2.03. The van der Waals surface area contributed by atoms with Crippen molar-refractivity contribution < 1.29 is 17.6 Å². The van der Waals surface area contributed by atoms with Crippen LogP contribution in [-0.4, -0.2) is 20.2 Å². The molecule has 0 aliphatic carbocycles. The molecule has 0 fully saturated rings. The van der Waals surface area contributed by atoms with Gasteiger partial charge in [0.05, 0.1) is 17.5 Å². The molecule has 0 amide bonds. The molecule has 2 aromatic carbocycles. The van der Waals surface area contributed by atoms with E-state index in [1.165, 1.54) is 12.1 Å². The van der Waals surface area contributed by atoms with Crippen LogP contribution in [0.25, 0.3) is 23.0 Å². The average molecular weight is 399 g/mol. The topological polar surface area (TPSA) is 90.7 Å². The van der Waals surface area contributed by atoms with E-state index in [2.05, 4.69) is 20.2 Å².